The van der Waals surface area contributed by atoms with E-state index in [9.17, 15) is 0 Å². The number of nitrogens with one attached hydrogen (secondary N) is 2. The fourth-order valence-electron chi connectivity index (χ4n) is 2.94. The fourth-order valence-corrected chi connectivity index (χ4v) is 2.94. The summed E-state index contributed by atoms with van der Waals surface area (Å²) in [5.74, 6) is 2.47. The number of benzene rings is 2. The maximum atomic E-state index is 6.00. The van der Waals surface area contributed by atoms with Crippen LogP contribution in [0.4, 0.5) is 0 Å². The topological polar surface area (TPSA) is 54.9 Å². The minimum Gasteiger partial charge on any atom is -0.493 e. The molecule has 0 amide bonds. The molecular formula is C23H31N3O2. The molecule has 0 unspecified atom stereocenters. The predicted molar refractivity (Wildman–Crippen MR) is 113 cm³/mol. The number of aliphatic imine (C=N–C) groups is 1. The summed E-state index contributed by atoms with van der Waals surface area (Å²) in [4.78, 5) is 4.35. The van der Waals surface area contributed by atoms with Crippen LogP contribution in [-0.4, -0.2) is 26.2 Å². The van der Waals surface area contributed by atoms with Gasteiger partial charge in [0.2, 0.25) is 0 Å². The van der Waals surface area contributed by atoms with Gasteiger partial charge in [-0.2, -0.15) is 0 Å². The summed E-state index contributed by atoms with van der Waals surface area (Å²) in [6.07, 6.45) is 2.59. The summed E-state index contributed by atoms with van der Waals surface area (Å²) >= 11 is 0. The van der Waals surface area contributed by atoms with E-state index in [1.165, 1.54) is 24.0 Å². The van der Waals surface area contributed by atoms with Crippen molar-refractivity contribution in [2.75, 3.05) is 20.3 Å². The van der Waals surface area contributed by atoms with E-state index in [4.69, 9.17) is 9.47 Å². The number of hydrogen-bond acceptors (Lipinski definition) is 3. The lowest BCUT2D eigenvalue weighted by molar-refractivity contribution is 0.133. The Balaban J connectivity index is 1.53. The molecule has 5 heteroatoms. The van der Waals surface area contributed by atoms with Gasteiger partial charge in [-0.1, -0.05) is 42.5 Å². The lowest BCUT2D eigenvalue weighted by atomic mass is 10.1. The highest BCUT2D eigenvalue weighted by atomic mass is 16.5. The first-order chi connectivity index (χ1) is 13.8. The molecule has 2 aromatic carbocycles. The van der Waals surface area contributed by atoms with Gasteiger partial charge in [0.25, 0.3) is 0 Å². The van der Waals surface area contributed by atoms with Crippen molar-refractivity contribution in [2.45, 2.75) is 39.5 Å². The van der Waals surface area contributed by atoms with E-state index in [1.54, 1.807) is 7.05 Å². The van der Waals surface area contributed by atoms with Crippen molar-refractivity contribution in [1.29, 1.82) is 0 Å². The van der Waals surface area contributed by atoms with Gasteiger partial charge in [-0.3, -0.25) is 4.99 Å². The monoisotopic (exact) mass is 381 g/mol. The molecule has 0 heterocycles. The molecule has 0 saturated heterocycles. The van der Waals surface area contributed by atoms with Crippen molar-refractivity contribution in [3.63, 3.8) is 0 Å². The first kappa shape index (κ1) is 20.2. The maximum absolute atomic E-state index is 6.00. The van der Waals surface area contributed by atoms with Gasteiger partial charge in [0.1, 0.15) is 5.75 Å². The quantitative estimate of drug-likeness (QED) is 0.484. The second-order valence-corrected chi connectivity index (χ2v) is 7.05. The van der Waals surface area contributed by atoms with E-state index in [0.29, 0.717) is 26.3 Å². The molecule has 5 nitrogen and oxygen atoms in total. The van der Waals surface area contributed by atoms with Gasteiger partial charge in [0.05, 0.1) is 13.2 Å². The summed E-state index contributed by atoms with van der Waals surface area (Å²) in [5.41, 5.74) is 3.56. The Labute approximate surface area is 168 Å². The van der Waals surface area contributed by atoms with Crippen molar-refractivity contribution in [3.8, 4) is 5.75 Å². The van der Waals surface area contributed by atoms with Crippen molar-refractivity contribution in [2.24, 2.45) is 10.9 Å². The molecule has 1 aliphatic rings. The molecule has 1 fully saturated rings. The van der Waals surface area contributed by atoms with Crippen LogP contribution < -0.4 is 15.4 Å². The lowest BCUT2D eigenvalue weighted by Crippen LogP contribution is -2.36. The third-order valence-corrected chi connectivity index (χ3v) is 4.84. The molecule has 28 heavy (non-hydrogen) atoms. The average Bonchev–Trinajstić information content (AvgIpc) is 3.56. The molecule has 0 aromatic heterocycles. The first-order valence-corrected chi connectivity index (χ1v) is 10.1. The van der Waals surface area contributed by atoms with E-state index in [0.717, 1.165) is 29.8 Å². The highest BCUT2D eigenvalue weighted by Gasteiger charge is 2.22. The van der Waals surface area contributed by atoms with Crippen LogP contribution in [0.1, 0.15) is 36.5 Å². The predicted octanol–water partition coefficient (Wildman–Crippen LogP) is 3.88. The molecular weight excluding hydrogens is 350 g/mol. The van der Waals surface area contributed by atoms with Crippen molar-refractivity contribution < 1.29 is 9.47 Å². The Morgan fingerprint density at radius 2 is 1.61 bits per heavy atom. The highest BCUT2D eigenvalue weighted by Crippen LogP contribution is 2.30. The summed E-state index contributed by atoms with van der Waals surface area (Å²) in [6, 6.07) is 16.5. The number of hydrogen-bond donors (Lipinski definition) is 2. The maximum Gasteiger partial charge on any atom is 0.191 e. The number of nitrogens with zero attached hydrogens (tertiary/aromatic N) is 1. The van der Waals surface area contributed by atoms with E-state index >= 15 is 0 Å². The standard InChI is InChI=1S/C23H31N3O2/c1-3-27-17-21-10-5-4-8-19(21)14-25-23(24-2)26-15-20-9-6-7-11-22(20)28-16-18-12-13-18/h4-11,18H,3,12-17H2,1-2H3,(H2,24,25,26). The molecule has 0 atom stereocenters. The summed E-state index contributed by atoms with van der Waals surface area (Å²) in [5, 5.41) is 6.78. The van der Waals surface area contributed by atoms with Gasteiger partial charge >= 0.3 is 0 Å². The molecule has 3 rings (SSSR count). The summed E-state index contributed by atoms with van der Waals surface area (Å²) in [7, 11) is 1.79. The normalized spacial score (nSPS) is 14.0. The van der Waals surface area contributed by atoms with Crippen LogP contribution >= 0.6 is 0 Å². The molecule has 150 valence electrons. The van der Waals surface area contributed by atoms with Crippen LogP contribution in [0.15, 0.2) is 53.5 Å². The van der Waals surface area contributed by atoms with Gasteiger partial charge in [-0.15, -0.1) is 0 Å². The zero-order valence-electron chi connectivity index (χ0n) is 16.9. The van der Waals surface area contributed by atoms with E-state index in [2.05, 4.69) is 39.9 Å². The van der Waals surface area contributed by atoms with Gasteiger partial charge in [-0.05, 0) is 42.9 Å². The Bertz CT molecular complexity index is 772. The Kier molecular flexibility index (Phi) is 7.73. The zero-order valence-corrected chi connectivity index (χ0v) is 16.9. The molecule has 1 saturated carbocycles. The van der Waals surface area contributed by atoms with Gasteiger partial charge < -0.3 is 20.1 Å². The van der Waals surface area contributed by atoms with Crippen LogP contribution in [0.5, 0.6) is 5.75 Å². The molecule has 1 aliphatic carbocycles. The summed E-state index contributed by atoms with van der Waals surface area (Å²) in [6.45, 7) is 5.54. The smallest absolute Gasteiger partial charge is 0.191 e. The van der Waals surface area contributed by atoms with Crippen molar-refractivity contribution >= 4 is 5.96 Å². The Hall–Kier alpha value is -2.53. The second kappa shape index (κ2) is 10.7. The van der Waals surface area contributed by atoms with Gasteiger partial charge in [0, 0.05) is 32.3 Å². The minimum absolute atomic E-state index is 0.631. The summed E-state index contributed by atoms with van der Waals surface area (Å²) < 4.78 is 11.6. The van der Waals surface area contributed by atoms with Crippen molar-refractivity contribution in [3.05, 3.63) is 65.2 Å². The number of ether oxygens (including phenoxy) is 2. The molecule has 0 spiro atoms. The number of rotatable bonds is 10. The van der Waals surface area contributed by atoms with Crippen molar-refractivity contribution in [1.82, 2.24) is 10.6 Å². The molecule has 0 radical (unpaired) electrons. The van der Waals surface area contributed by atoms with E-state index in [-0.39, 0.29) is 0 Å². The van der Waals surface area contributed by atoms with Crippen LogP contribution in [0, 0.1) is 5.92 Å². The van der Waals surface area contributed by atoms with E-state index < -0.39 is 0 Å². The molecule has 0 bridgehead atoms. The number of para-hydroxylation sites is 1. The lowest BCUT2D eigenvalue weighted by Gasteiger charge is -2.16. The first-order valence-electron chi connectivity index (χ1n) is 10.1. The second-order valence-electron chi connectivity index (χ2n) is 7.05. The highest BCUT2D eigenvalue weighted by molar-refractivity contribution is 5.79. The average molecular weight is 382 g/mol. The molecule has 2 aromatic rings. The third kappa shape index (κ3) is 6.27. The van der Waals surface area contributed by atoms with Crippen LogP contribution in [-0.2, 0) is 24.4 Å². The fraction of sp³-hybridized carbons (Fsp3) is 0.435. The van der Waals surface area contributed by atoms with Gasteiger partial charge in [-0.25, -0.2) is 0 Å². The Morgan fingerprint density at radius 3 is 2.29 bits per heavy atom. The van der Waals surface area contributed by atoms with E-state index in [1.807, 2.05) is 31.2 Å². The van der Waals surface area contributed by atoms with Gasteiger partial charge in [0.15, 0.2) is 5.96 Å². The molecule has 0 aliphatic heterocycles. The zero-order chi connectivity index (χ0) is 19.6. The molecule has 2 N–H and O–H groups in total. The minimum atomic E-state index is 0.631. The SMILES string of the molecule is CCOCc1ccccc1CNC(=NC)NCc1ccccc1OCC1CC1. The van der Waals surface area contributed by atoms with Crippen LogP contribution in [0.2, 0.25) is 0 Å². The van der Waals surface area contributed by atoms with Crippen LogP contribution in [0.3, 0.4) is 0 Å². The van der Waals surface area contributed by atoms with Crippen LogP contribution in [0.25, 0.3) is 0 Å². The third-order valence-electron chi connectivity index (χ3n) is 4.84. The Morgan fingerprint density at radius 1 is 0.964 bits per heavy atom. The largest absolute Gasteiger partial charge is 0.493 e. The number of guanidine groups is 1.